The predicted molar refractivity (Wildman–Crippen MR) is 81.5 cm³/mol. The van der Waals surface area contributed by atoms with E-state index in [0.717, 1.165) is 41.4 Å². The van der Waals surface area contributed by atoms with Crippen LogP contribution in [0.25, 0.3) is 0 Å². The third-order valence-corrected chi connectivity index (χ3v) is 4.66. The van der Waals surface area contributed by atoms with Gasteiger partial charge in [0.05, 0.1) is 11.3 Å². The molecule has 0 radical (unpaired) electrons. The van der Waals surface area contributed by atoms with E-state index in [1.807, 2.05) is 12.1 Å². The van der Waals surface area contributed by atoms with Crippen LogP contribution in [0.15, 0.2) is 23.1 Å². The molecule has 4 heteroatoms. The lowest BCUT2D eigenvalue weighted by molar-refractivity contribution is 0.488. The zero-order valence-corrected chi connectivity index (χ0v) is 12.4. The Morgan fingerprint density at radius 2 is 2.37 bits per heavy atom. The van der Waals surface area contributed by atoms with Gasteiger partial charge in [0.1, 0.15) is 6.07 Å². The molecule has 3 nitrogen and oxygen atoms in total. The number of nitrogens with two attached hydrogens (primary N) is 1. The number of thioether (sulfide) groups is 1. The summed E-state index contributed by atoms with van der Waals surface area (Å²) < 4.78 is 0. The molecule has 0 spiro atoms. The smallest absolute Gasteiger partial charge is 0.103 e. The van der Waals surface area contributed by atoms with Crippen molar-refractivity contribution in [3.05, 3.63) is 23.8 Å². The van der Waals surface area contributed by atoms with E-state index >= 15 is 0 Å². The Morgan fingerprint density at radius 1 is 1.58 bits per heavy atom. The van der Waals surface area contributed by atoms with E-state index < -0.39 is 0 Å². The summed E-state index contributed by atoms with van der Waals surface area (Å²) >= 11 is 1.73. The third-order valence-electron chi connectivity index (χ3n) is 3.72. The maximum atomic E-state index is 9.45. The second kappa shape index (κ2) is 6.31. The number of nitrogens with zero attached hydrogens (tertiary/aromatic N) is 2. The molecule has 2 unspecified atom stereocenters. The molecule has 1 saturated heterocycles. The summed E-state index contributed by atoms with van der Waals surface area (Å²) in [6.07, 6.45) is 1.12. The van der Waals surface area contributed by atoms with Gasteiger partial charge in [-0.1, -0.05) is 13.0 Å². The van der Waals surface area contributed by atoms with Gasteiger partial charge in [0, 0.05) is 24.0 Å². The van der Waals surface area contributed by atoms with Crippen molar-refractivity contribution in [1.82, 2.24) is 0 Å². The molecule has 0 saturated carbocycles. The monoisotopic (exact) mass is 275 g/mol. The Balaban J connectivity index is 2.26. The van der Waals surface area contributed by atoms with Crippen LogP contribution in [0.4, 0.5) is 5.69 Å². The van der Waals surface area contributed by atoms with Crippen molar-refractivity contribution in [1.29, 1.82) is 5.26 Å². The maximum Gasteiger partial charge on any atom is 0.103 e. The topological polar surface area (TPSA) is 53.0 Å². The molecule has 0 aromatic heterocycles. The minimum atomic E-state index is 0.226. The predicted octanol–water partition coefficient (Wildman–Crippen LogP) is 2.84. The van der Waals surface area contributed by atoms with Crippen LogP contribution < -0.4 is 10.6 Å². The lowest BCUT2D eigenvalue weighted by Gasteiger charge is -2.22. The summed E-state index contributed by atoms with van der Waals surface area (Å²) in [6.45, 7) is 6.15. The van der Waals surface area contributed by atoms with Crippen LogP contribution in [0.2, 0.25) is 0 Å². The van der Waals surface area contributed by atoms with E-state index in [0.29, 0.717) is 5.92 Å². The summed E-state index contributed by atoms with van der Waals surface area (Å²) in [6, 6.07) is 8.75. The van der Waals surface area contributed by atoms with Crippen LogP contribution in [0.3, 0.4) is 0 Å². The molecular weight excluding hydrogens is 254 g/mol. The van der Waals surface area contributed by atoms with Gasteiger partial charge in [-0.2, -0.15) is 5.26 Å². The molecule has 1 aliphatic rings. The Bertz CT molecular complexity index is 479. The molecule has 0 bridgehead atoms. The van der Waals surface area contributed by atoms with Gasteiger partial charge in [0.25, 0.3) is 0 Å². The Kier molecular flexibility index (Phi) is 4.73. The molecule has 2 rings (SSSR count). The summed E-state index contributed by atoms with van der Waals surface area (Å²) in [5.41, 5.74) is 7.88. The number of benzene rings is 1. The first-order valence-electron chi connectivity index (χ1n) is 6.83. The second-order valence-electron chi connectivity index (χ2n) is 5.05. The van der Waals surface area contributed by atoms with Gasteiger partial charge in [0.2, 0.25) is 0 Å². The quantitative estimate of drug-likeness (QED) is 0.859. The fourth-order valence-corrected chi connectivity index (χ4v) is 3.39. The SMILES string of the molecule is CCSc1cccc(N2CCC(C(C)N)C2)c1C#N. The molecule has 2 N–H and O–H groups in total. The Morgan fingerprint density at radius 3 is 2.95 bits per heavy atom. The van der Waals surface area contributed by atoms with Crippen LogP contribution in [-0.2, 0) is 0 Å². The average molecular weight is 275 g/mol. The highest BCUT2D eigenvalue weighted by Gasteiger charge is 2.27. The van der Waals surface area contributed by atoms with Crippen molar-refractivity contribution < 1.29 is 0 Å². The zero-order valence-electron chi connectivity index (χ0n) is 11.6. The van der Waals surface area contributed by atoms with E-state index in [2.05, 4.69) is 30.9 Å². The van der Waals surface area contributed by atoms with Crippen molar-refractivity contribution in [3.8, 4) is 6.07 Å². The lowest BCUT2D eigenvalue weighted by Crippen LogP contribution is -2.30. The maximum absolute atomic E-state index is 9.45. The van der Waals surface area contributed by atoms with Gasteiger partial charge in [-0.05, 0) is 37.1 Å². The van der Waals surface area contributed by atoms with Crippen LogP contribution in [-0.4, -0.2) is 24.9 Å². The second-order valence-corrected chi connectivity index (χ2v) is 6.35. The molecule has 0 aliphatic carbocycles. The Labute approximate surface area is 119 Å². The minimum Gasteiger partial charge on any atom is -0.370 e. The first-order valence-corrected chi connectivity index (χ1v) is 7.82. The first kappa shape index (κ1) is 14.2. The summed E-state index contributed by atoms with van der Waals surface area (Å²) in [5, 5.41) is 9.45. The molecule has 1 aromatic rings. The van der Waals surface area contributed by atoms with Crippen molar-refractivity contribution >= 4 is 17.4 Å². The van der Waals surface area contributed by atoms with Gasteiger partial charge in [0.15, 0.2) is 0 Å². The Hall–Kier alpha value is -1.18. The zero-order chi connectivity index (χ0) is 13.8. The fourth-order valence-electron chi connectivity index (χ4n) is 2.61. The normalized spacial score (nSPS) is 20.3. The van der Waals surface area contributed by atoms with Gasteiger partial charge in [-0.15, -0.1) is 11.8 Å². The molecule has 1 aromatic carbocycles. The molecular formula is C15H21N3S. The molecule has 19 heavy (non-hydrogen) atoms. The van der Waals surface area contributed by atoms with E-state index in [-0.39, 0.29) is 6.04 Å². The molecule has 1 heterocycles. The van der Waals surface area contributed by atoms with E-state index in [4.69, 9.17) is 5.73 Å². The van der Waals surface area contributed by atoms with Crippen LogP contribution in [0, 0.1) is 17.2 Å². The molecule has 1 aliphatic heterocycles. The number of rotatable bonds is 4. The van der Waals surface area contributed by atoms with E-state index in [1.54, 1.807) is 11.8 Å². The number of hydrogen-bond acceptors (Lipinski definition) is 4. The van der Waals surface area contributed by atoms with Crippen LogP contribution in [0.1, 0.15) is 25.8 Å². The largest absolute Gasteiger partial charge is 0.370 e. The highest BCUT2D eigenvalue weighted by atomic mass is 32.2. The highest BCUT2D eigenvalue weighted by Crippen LogP contribution is 2.33. The van der Waals surface area contributed by atoms with Gasteiger partial charge >= 0.3 is 0 Å². The first-order chi connectivity index (χ1) is 9.17. The van der Waals surface area contributed by atoms with Gasteiger partial charge in [-0.25, -0.2) is 0 Å². The number of anilines is 1. The van der Waals surface area contributed by atoms with Crippen molar-refractivity contribution in [2.75, 3.05) is 23.7 Å². The highest BCUT2D eigenvalue weighted by molar-refractivity contribution is 7.99. The van der Waals surface area contributed by atoms with Gasteiger partial charge < -0.3 is 10.6 Å². The fraction of sp³-hybridized carbons (Fsp3) is 0.533. The standard InChI is InChI=1S/C15H21N3S/c1-3-19-15-6-4-5-14(13(15)9-16)18-8-7-12(10-18)11(2)17/h4-6,11-12H,3,7-8,10,17H2,1-2H3. The van der Waals surface area contributed by atoms with E-state index in [9.17, 15) is 5.26 Å². The molecule has 1 fully saturated rings. The number of nitriles is 1. The summed E-state index contributed by atoms with van der Waals surface area (Å²) in [7, 11) is 0. The summed E-state index contributed by atoms with van der Waals surface area (Å²) in [4.78, 5) is 3.40. The minimum absolute atomic E-state index is 0.226. The van der Waals surface area contributed by atoms with Crippen molar-refractivity contribution in [2.45, 2.75) is 31.2 Å². The van der Waals surface area contributed by atoms with Crippen LogP contribution >= 0.6 is 11.8 Å². The third kappa shape index (κ3) is 3.05. The van der Waals surface area contributed by atoms with E-state index in [1.165, 1.54) is 0 Å². The molecule has 2 atom stereocenters. The lowest BCUT2D eigenvalue weighted by atomic mass is 10.0. The van der Waals surface area contributed by atoms with Crippen molar-refractivity contribution in [2.24, 2.45) is 11.7 Å². The number of hydrogen-bond donors (Lipinski definition) is 1. The summed E-state index contributed by atoms with van der Waals surface area (Å²) in [5.74, 6) is 1.52. The van der Waals surface area contributed by atoms with Crippen molar-refractivity contribution in [3.63, 3.8) is 0 Å². The van der Waals surface area contributed by atoms with Gasteiger partial charge in [-0.3, -0.25) is 0 Å². The average Bonchev–Trinajstić information content (AvgIpc) is 2.88. The molecule has 0 amide bonds. The van der Waals surface area contributed by atoms with Crippen LogP contribution in [0.5, 0.6) is 0 Å². The molecule has 102 valence electrons.